The Kier molecular flexibility index (Phi) is 3.97. The number of hydrogen-bond acceptors (Lipinski definition) is 2. The highest BCUT2D eigenvalue weighted by atomic mass is 19.4. The average molecular weight is 273 g/mol. The van der Waals surface area contributed by atoms with Crippen LogP contribution in [0.2, 0.25) is 0 Å². The molecular formula is C13H14F3NO2. The van der Waals surface area contributed by atoms with Crippen molar-refractivity contribution in [2.75, 3.05) is 19.7 Å². The molecule has 1 aromatic carbocycles. The molecule has 0 saturated carbocycles. The maximum atomic E-state index is 12.0. The number of hydrogen-bond donors (Lipinski definition) is 0. The lowest BCUT2D eigenvalue weighted by Gasteiger charge is -2.20. The molecule has 2 rings (SSSR count). The minimum absolute atomic E-state index is 0.383. The third-order valence-corrected chi connectivity index (χ3v) is 3.04. The van der Waals surface area contributed by atoms with Crippen molar-refractivity contribution in [3.63, 3.8) is 0 Å². The molecule has 0 bridgehead atoms. The van der Waals surface area contributed by atoms with Gasteiger partial charge in [-0.25, -0.2) is 4.79 Å². The summed E-state index contributed by atoms with van der Waals surface area (Å²) < 4.78 is 40.2. The fourth-order valence-corrected chi connectivity index (χ4v) is 2.09. The molecule has 0 N–H and O–H groups in total. The molecule has 6 heteroatoms. The molecule has 0 saturated heterocycles. The van der Waals surface area contributed by atoms with Crippen LogP contribution in [-0.2, 0) is 17.6 Å². The maximum absolute atomic E-state index is 12.0. The van der Waals surface area contributed by atoms with Gasteiger partial charge < -0.3 is 9.64 Å². The normalized spacial score (nSPS) is 15.6. The minimum Gasteiger partial charge on any atom is -0.440 e. The van der Waals surface area contributed by atoms with Crippen LogP contribution in [0.3, 0.4) is 0 Å². The number of amides is 1. The van der Waals surface area contributed by atoms with E-state index in [0.29, 0.717) is 25.9 Å². The van der Waals surface area contributed by atoms with E-state index in [-0.39, 0.29) is 0 Å². The number of halogens is 3. The molecule has 0 fully saturated rings. The van der Waals surface area contributed by atoms with Crippen molar-refractivity contribution in [3.05, 3.63) is 35.4 Å². The third-order valence-electron chi connectivity index (χ3n) is 3.04. The molecule has 1 aromatic rings. The topological polar surface area (TPSA) is 29.5 Å². The predicted octanol–water partition coefficient (Wildman–Crippen LogP) is 2.79. The van der Waals surface area contributed by atoms with E-state index in [9.17, 15) is 18.0 Å². The maximum Gasteiger partial charge on any atom is 0.422 e. The van der Waals surface area contributed by atoms with Crippen molar-refractivity contribution in [2.45, 2.75) is 19.0 Å². The molecule has 1 aliphatic rings. The van der Waals surface area contributed by atoms with Gasteiger partial charge in [-0.2, -0.15) is 13.2 Å². The Morgan fingerprint density at radius 1 is 1.16 bits per heavy atom. The summed E-state index contributed by atoms with van der Waals surface area (Å²) in [6.45, 7) is -0.767. The largest absolute Gasteiger partial charge is 0.440 e. The zero-order chi connectivity index (χ0) is 13.9. The van der Waals surface area contributed by atoms with Crippen LogP contribution in [0.25, 0.3) is 0 Å². The number of nitrogens with zero attached hydrogens (tertiary/aromatic N) is 1. The van der Waals surface area contributed by atoms with E-state index in [1.807, 2.05) is 24.3 Å². The first-order valence-corrected chi connectivity index (χ1v) is 6.01. The van der Waals surface area contributed by atoms with Crippen molar-refractivity contribution < 1.29 is 22.7 Å². The molecule has 0 aliphatic carbocycles. The Hall–Kier alpha value is -1.72. The van der Waals surface area contributed by atoms with Crippen molar-refractivity contribution in [2.24, 2.45) is 0 Å². The van der Waals surface area contributed by atoms with Crippen LogP contribution >= 0.6 is 0 Å². The van der Waals surface area contributed by atoms with E-state index >= 15 is 0 Å². The van der Waals surface area contributed by atoms with Crippen LogP contribution in [0.1, 0.15) is 11.1 Å². The monoisotopic (exact) mass is 273 g/mol. The second kappa shape index (κ2) is 5.50. The summed E-state index contributed by atoms with van der Waals surface area (Å²) >= 11 is 0. The van der Waals surface area contributed by atoms with Crippen molar-refractivity contribution >= 4 is 6.09 Å². The Morgan fingerprint density at radius 2 is 1.68 bits per heavy atom. The summed E-state index contributed by atoms with van der Waals surface area (Å²) in [6.07, 6.45) is -4.11. The molecule has 0 unspecified atom stereocenters. The number of carbonyl (C=O) groups is 1. The van der Waals surface area contributed by atoms with Gasteiger partial charge in [0.15, 0.2) is 6.61 Å². The quantitative estimate of drug-likeness (QED) is 0.787. The number of rotatable bonds is 1. The highest BCUT2D eigenvalue weighted by molar-refractivity contribution is 5.67. The van der Waals surface area contributed by atoms with Crippen LogP contribution in [0.5, 0.6) is 0 Å². The third kappa shape index (κ3) is 3.87. The molecule has 1 aliphatic heterocycles. The molecule has 0 spiro atoms. The van der Waals surface area contributed by atoms with Crippen LogP contribution in [0, 0.1) is 0 Å². The van der Waals surface area contributed by atoms with Crippen molar-refractivity contribution in [1.29, 1.82) is 0 Å². The molecule has 1 heterocycles. The molecule has 0 atom stereocenters. The van der Waals surface area contributed by atoms with Crippen LogP contribution in [-0.4, -0.2) is 36.9 Å². The smallest absolute Gasteiger partial charge is 0.422 e. The van der Waals surface area contributed by atoms with Gasteiger partial charge >= 0.3 is 12.3 Å². The molecule has 0 aromatic heterocycles. The van der Waals surface area contributed by atoms with E-state index in [4.69, 9.17) is 0 Å². The summed E-state index contributed by atoms with van der Waals surface area (Å²) in [5.41, 5.74) is 2.27. The number of carbonyl (C=O) groups excluding carboxylic acids is 1. The standard InChI is InChI=1S/C13H14F3NO2/c14-13(15,16)9-19-12(18)17-7-5-10-3-1-2-4-11(10)6-8-17/h1-4H,5-9H2. The lowest BCUT2D eigenvalue weighted by atomic mass is 10.0. The van der Waals surface area contributed by atoms with E-state index in [1.165, 1.54) is 4.90 Å². The first kappa shape index (κ1) is 13.7. The van der Waals surface area contributed by atoms with Gasteiger partial charge in [-0.3, -0.25) is 0 Å². The summed E-state index contributed by atoms with van der Waals surface area (Å²) in [7, 11) is 0. The predicted molar refractivity (Wildman–Crippen MR) is 62.8 cm³/mol. The summed E-state index contributed by atoms with van der Waals surface area (Å²) in [6, 6.07) is 7.77. The molecule has 1 amide bonds. The van der Waals surface area contributed by atoms with E-state index in [1.54, 1.807) is 0 Å². The first-order chi connectivity index (χ1) is 8.96. The van der Waals surface area contributed by atoms with Gasteiger partial charge in [0.2, 0.25) is 0 Å². The van der Waals surface area contributed by atoms with E-state index < -0.39 is 18.9 Å². The van der Waals surface area contributed by atoms with Gasteiger partial charge in [0.05, 0.1) is 0 Å². The minimum atomic E-state index is -4.48. The number of ether oxygens (including phenoxy) is 1. The molecule has 3 nitrogen and oxygen atoms in total. The summed E-state index contributed by atoms with van der Waals surface area (Å²) in [4.78, 5) is 12.9. The first-order valence-electron chi connectivity index (χ1n) is 6.01. The zero-order valence-electron chi connectivity index (χ0n) is 10.2. The lowest BCUT2D eigenvalue weighted by molar-refractivity contribution is -0.162. The van der Waals surface area contributed by atoms with Gasteiger partial charge in [0.1, 0.15) is 0 Å². The number of fused-ring (bicyclic) bond motifs is 1. The van der Waals surface area contributed by atoms with Crippen molar-refractivity contribution in [3.8, 4) is 0 Å². The molecule has 104 valence electrons. The van der Waals surface area contributed by atoms with Gasteiger partial charge in [-0.05, 0) is 24.0 Å². The van der Waals surface area contributed by atoms with Gasteiger partial charge in [0.25, 0.3) is 0 Å². The SMILES string of the molecule is O=C(OCC(F)(F)F)N1CCc2ccccc2CC1. The van der Waals surface area contributed by atoms with E-state index in [0.717, 1.165) is 11.1 Å². The Labute approximate surface area is 109 Å². The van der Waals surface area contributed by atoms with E-state index in [2.05, 4.69) is 4.74 Å². The van der Waals surface area contributed by atoms with Crippen LogP contribution in [0.15, 0.2) is 24.3 Å². The second-order valence-electron chi connectivity index (χ2n) is 4.43. The number of alkyl halides is 3. The summed E-state index contributed by atoms with van der Waals surface area (Å²) in [5.74, 6) is 0. The zero-order valence-corrected chi connectivity index (χ0v) is 10.2. The highest BCUT2D eigenvalue weighted by Gasteiger charge is 2.31. The van der Waals surface area contributed by atoms with Crippen LogP contribution in [0.4, 0.5) is 18.0 Å². The second-order valence-corrected chi connectivity index (χ2v) is 4.43. The Balaban J connectivity index is 1.92. The van der Waals surface area contributed by atoms with Crippen LogP contribution < -0.4 is 0 Å². The van der Waals surface area contributed by atoms with Gasteiger partial charge in [0, 0.05) is 13.1 Å². The fraction of sp³-hybridized carbons (Fsp3) is 0.462. The summed E-state index contributed by atoms with van der Waals surface area (Å²) in [5, 5.41) is 0. The average Bonchev–Trinajstić information content (AvgIpc) is 2.57. The Bertz CT molecular complexity index is 432. The van der Waals surface area contributed by atoms with Gasteiger partial charge in [-0.15, -0.1) is 0 Å². The van der Waals surface area contributed by atoms with Crippen molar-refractivity contribution in [1.82, 2.24) is 4.90 Å². The number of benzene rings is 1. The molecular weight excluding hydrogens is 259 g/mol. The van der Waals surface area contributed by atoms with Gasteiger partial charge in [-0.1, -0.05) is 24.3 Å². The Morgan fingerprint density at radius 3 is 2.16 bits per heavy atom. The molecule has 19 heavy (non-hydrogen) atoms. The molecule has 0 radical (unpaired) electrons. The fourth-order valence-electron chi connectivity index (χ4n) is 2.09. The highest BCUT2D eigenvalue weighted by Crippen LogP contribution is 2.18. The lowest BCUT2D eigenvalue weighted by Crippen LogP contribution is -2.35.